The Morgan fingerprint density at radius 3 is 2.91 bits per heavy atom. The third-order valence-corrected chi connectivity index (χ3v) is 1.69. The second kappa shape index (κ2) is 3.43. The largest absolute Gasteiger partial charge is 0.363 e. The second-order valence-electron chi connectivity index (χ2n) is 1.88. The second-order valence-corrected chi connectivity index (χ2v) is 2.44. The van der Waals surface area contributed by atoms with E-state index >= 15 is 0 Å². The van der Waals surface area contributed by atoms with Crippen molar-refractivity contribution < 1.29 is 4.92 Å². The first-order chi connectivity index (χ1) is 5.24. The van der Waals surface area contributed by atoms with Gasteiger partial charge in [0.25, 0.3) is 0 Å². The Kier molecular flexibility index (Phi) is 2.53. The van der Waals surface area contributed by atoms with E-state index in [0.717, 1.165) is 0 Å². The highest BCUT2D eigenvalue weighted by molar-refractivity contribution is 9.08. The third kappa shape index (κ3) is 1.98. The maximum absolute atomic E-state index is 10.2. The fourth-order valence-electron chi connectivity index (χ4n) is 0.643. The summed E-state index contributed by atoms with van der Waals surface area (Å²) in [4.78, 5) is 13.4. The van der Waals surface area contributed by atoms with Gasteiger partial charge in [0.1, 0.15) is 0 Å². The standard InChI is InChI=1S/C6H5BrN2O2/c7-4-5-2-1-3-6(8-5)9(10)11/h1-3H,4H2. The Balaban J connectivity index is 3.01. The average Bonchev–Trinajstić information content (AvgIpc) is 2.05. The van der Waals surface area contributed by atoms with Crippen LogP contribution in [-0.4, -0.2) is 9.91 Å². The summed E-state index contributed by atoms with van der Waals surface area (Å²) < 4.78 is 0. The minimum Gasteiger partial charge on any atom is -0.358 e. The molecule has 0 radical (unpaired) electrons. The lowest BCUT2D eigenvalue weighted by molar-refractivity contribution is -0.389. The zero-order valence-corrected chi connectivity index (χ0v) is 7.11. The number of aromatic nitrogens is 1. The summed E-state index contributed by atoms with van der Waals surface area (Å²) in [6.07, 6.45) is 0. The van der Waals surface area contributed by atoms with Crippen LogP contribution in [0.3, 0.4) is 0 Å². The summed E-state index contributed by atoms with van der Waals surface area (Å²) >= 11 is 3.16. The van der Waals surface area contributed by atoms with Gasteiger partial charge in [-0.25, -0.2) is 0 Å². The van der Waals surface area contributed by atoms with Crippen LogP contribution < -0.4 is 0 Å². The number of rotatable bonds is 2. The Morgan fingerprint density at radius 1 is 1.64 bits per heavy atom. The van der Waals surface area contributed by atoms with Gasteiger partial charge in [-0.15, -0.1) is 0 Å². The minimum absolute atomic E-state index is 0.109. The van der Waals surface area contributed by atoms with Crippen molar-refractivity contribution in [1.82, 2.24) is 4.98 Å². The first kappa shape index (κ1) is 8.13. The van der Waals surface area contributed by atoms with Crippen LogP contribution in [0, 0.1) is 10.1 Å². The molecule has 1 aromatic rings. The number of hydrogen-bond acceptors (Lipinski definition) is 3. The molecule has 1 heterocycles. The minimum atomic E-state index is -0.508. The monoisotopic (exact) mass is 216 g/mol. The predicted molar refractivity (Wildman–Crippen MR) is 43.5 cm³/mol. The topological polar surface area (TPSA) is 56.0 Å². The van der Waals surface area contributed by atoms with Crippen LogP contribution in [0.15, 0.2) is 18.2 Å². The van der Waals surface area contributed by atoms with Gasteiger partial charge in [-0.2, -0.15) is 0 Å². The van der Waals surface area contributed by atoms with Crippen molar-refractivity contribution in [2.24, 2.45) is 0 Å². The molecule has 0 bridgehead atoms. The first-order valence-corrected chi connectivity index (χ1v) is 4.02. The number of nitrogens with zero attached hydrogens (tertiary/aromatic N) is 2. The lowest BCUT2D eigenvalue weighted by atomic mass is 10.4. The van der Waals surface area contributed by atoms with Gasteiger partial charge < -0.3 is 10.1 Å². The number of alkyl halides is 1. The molecule has 4 nitrogen and oxygen atoms in total. The molecule has 58 valence electrons. The van der Waals surface area contributed by atoms with Gasteiger partial charge in [0.05, 0.1) is 5.33 Å². The lowest BCUT2D eigenvalue weighted by Crippen LogP contribution is -1.93. The van der Waals surface area contributed by atoms with E-state index in [1.54, 1.807) is 12.1 Å². The van der Waals surface area contributed by atoms with Crippen molar-refractivity contribution in [3.05, 3.63) is 34.0 Å². The van der Waals surface area contributed by atoms with E-state index in [1.165, 1.54) is 6.07 Å². The smallest absolute Gasteiger partial charge is 0.358 e. The maximum Gasteiger partial charge on any atom is 0.363 e. The first-order valence-electron chi connectivity index (χ1n) is 2.90. The van der Waals surface area contributed by atoms with Gasteiger partial charge >= 0.3 is 5.82 Å². The van der Waals surface area contributed by atoms with Crippen molar-refractivity contribution in [2.45, 2.75) is 5.33 Å². The Hall–Kier alpha value is -0.970. The van der Waals surface area contributed by atoms with Gasteiger partial charge in [0.2, 0.25) is 0 Å². The molecule has 0 fully saturated rings. The van der Waals surface area contributed by atoms with Crippen molar-refractivity contribution >= 4 is 21.7 Å². The number of halogens is 1. The predicted octanol–water partition coefficient (Wildman–Crippen LogP) is 1.88. The Morgan fingerprint density at radius 2 is 2.36 bits per heavy atom. The van der Waals surface area contributed by atoms with Crippen molar-refractivity contribution in [3.8, 4) is 0 Å². The highest BCUT2D eigenvalue weighted by Crippen LogP contribution is 2.09. The molecule has 0 saturated carbocycles. The van der Waals surface area contributed by atoms with Crippen LogP contribution in [0.25, 0.3) is 0 Å². The molecule has 0 saturated heterocycles. The number of hydrogen-bond donors (Lipinski definition) is 0. The van der Waals surface area contributed by atoms with Gasteiger partial charge in [0, 0.05) is 6.07 Å². The van der Waals surface area contributed by atoms with E-state index in [-0.39, 0.29) is 5.82 Å². The normalized spacial score (nSPS) is 9.55. The molecule has 0 aliphatic rings. The van der Waals surface area contributed by atoms with E-state index in [4.69, 9.17) is 0 Å². The van der Waals surface area contributed by atoms with Crippen LogP contribution in [0.5, 0.6) is 0 Å². The van der Waals surface area contributed by atoms with E-state index in [1.807, 2.05) is 0 Å². The van der Waals surface area contributed by atoms with Gasteiger partial charge in [0.15, 0.2) is 5.69 Å². The molecule has 0 unspecified atom stereocenters. The zero-order chi connectivity index (χ0) is 8.27. The summed E-state index contributed by atoms with van der Waals surface area (Å²) in [5.74, 6) is -0.109. The van der Waals surface area contributed by atoms with Crippen molar-refractivity contribution in [1.29, 1.82) is 0 Å². The molecule has 1 aromatic heterocycles. The quantitative estimate of drug-likeness (QED) is 0.431. The molecule has 1 rings (SSSR count). The Bertz CT molecular complexity index is 277. The van der Waals surface area contributed by atoms with Crippen LogP contribution in [0.4, 0.5) is 5.82 Å². The van der Waals surface area contributed by atoms with E-state index in [2.05, 4.69) is 20.9 Å². The highest BCUT2D eigenvalue weighted by Gasteiger charge is 2.06. The molecular formula is C6H5BrN2O2. The lowest BCUT2D eigenvalue weighted by Gasteiger charge is -1.91. The van der Waals surface area contributed by atoms with Gasteiger partial charge in [-0.1, -0.05) is 15.9 Å². The maximum atomic E-state index is 10.2. The summed E-state index contributed by atoms with van der Waals surface area (Å²) in [5, 5.41) is 10.7. The zero-order valence-electron chi connectivity index (χ0n) is 5.53. The summed E-state index contributed by atoms with van der Waals surface area (Å²) in [6, 6.07) is 4.70. The molecule has 5 heteroatoms. The average molecular weight is 217 g/mol. The van der Waals surface area contributed by atoms with Gasteiger partial charge in [-0.05, 0) is 22.0 Å². The van der Waals surface area contributed by atoms with E-state index in [0.29, 0.717) is 11.0 Å². The molecule has 0 aliphatic carbocycles. The number of pyridine rings is 1. The van der Waals surface area contributed by atoms with E-state index < -0.39 is 4.92 Å². The summed E-state index contributed by atoms with van der Waals surface area (Å²) in [7, 11) is 0. The summed E-state index contributed by atoms with van der Waals surface area (Å²) in [6.45, 7) is 0. The fraction of sp³-hybridized carbons (Fsp3) is 0.167. The molecule has 0 amide bonds. The Labute approximate surface area is 71.5 Å². The van der Waals surface area contributed by atoms with Crippen LogP contribution >= 0.6 is 15.9 Å². The van der Waals surface area contributed by atoms with Crippen LogP contribution in [0.1, 0.15) is 5.69 Å². The third-order valence-electron chi connectivity index (χ3n) is 1.12. The molecule has 0 N–H and O–H groups in total. The molecule has 11 heavy (non-hydrogen) atoms. The molecular weight excluding hydrogens is 212 g/mol. The van der Waals surface area contributed by atoms with Crippen molar-refractivity contribution in [3.63, 3.8) is 0 Å². The van der Waals surface area contributed by atoms with Crippen LogP contribution in [0.2, 0.25) is 0 Å². The fourth-order valence-corrected chi connectivity index (χ4v) is 0.955. The van der Waals surface area contributed by atoms with Gasteiger partial charge in [-0.3, -0.25) is 0 Å². The molecule has 0 atom stereocenters. The summed E-state index contributed by atoms with van der Waals surface area (Å²) in [5.41, 5.74) is 0.666. The molecule has 0 aliphatic heterocycles. The van der Waals surface area contributed by atoms with Crippen molar-refractivity contribution in [2.75, 3.05) is 0 Å². The molecule has 0 aromatic carbocycles. The SMILES string of the molecule is O=[N+]([O-])c1cccc(CBr)n1. The molecule has 0 spiro atoms. The number of nitro groups is 1. The van der Waals surface area contributed by atoms with Crippen LogP contribution in [-0.2, 0) is 5.33 Å². The highest BCUT2D eigenvalue weighted by atomic mass is 79.9. The van der Waals surface area contributed by atoms with E-state index in [9.17, 15) is 10.1 Å².